The average molecular weight is 442 g/mol. The van der Waals surface area contributed by atoms with Gasteiger partial charge in [0.05, 0.1) is 0 Å². The van der Waals surface area contributed by atoms with E-state index < -0.39 is 18.6 Å². The maximum absolute atomic E-state index is 12.7. The smallest absolute Gasteiger partial charge is 0.381 e. The van der Waals surface area contributed by atoms with Crippen molar-refractivity contribution in [3.8, 4) is 11.5 Å². The standard InChI is InChI=1S/C21H29F3N4O3/c1-5-27(13-21(22,23)24)18(29)15-10-17(31-26-15)16-12-28(19(25-16)20(2,3)4)11-14-6-8-30-9-7-14/h10,12,14H,5-9,11,13H2,1-4H3. The Bertz CT molecular complexity index is 893. The van der Waals surface area contributed by atoms with Gasteiger partial charge in [0.15, 0.2) is 11.5 Å². The summed E-state index contributed by atoms with van der Waals surface area (Å²) in [5, 5.41) is 3.71. The number of rotatable bonds is 6. The van der Waals surface area contributed by atoms with Crippen molar-refractivity contribution in [2.45, 2.75) is 58.7 Å². The molecule has 0 atom stereocenters. The molecule has 2 aromatic rings. The summed E-state index contributed by atoms with van der Waals surface area (Å²) in [6.45, 7) is 8.53. The van der Waals surface area contributed by atoms with Crippen molar-refractivity contribution in [2.75, 3.05) is 26.3 Å². The van der Waals surface area contributed by atoms with Crippen LogP contribution in [0.3, 0.4) is 0 Å². The second-order valence-electron chi connectivity index (χ2n) is 8.92. The summed E-state index contributed by atoms with van der Waals surface area (Å²) in [6, 6.07) is 1.36. The predicted octanol–water partition coefficient (Wildman–Crippen LogP) is 4.29. The SMILES string of the molecule is CCN(CC(F)(F)F)C(=O)c1cc(-c2cn(CC3CCOCC3)c(C(C)(C)C)n2)on1. The molecule has 0 aliphatic carbocycles. The van der Waals surface area contributed by atoms with Gasteiger partial charge in [-0.2, -0.15) is 13.2 Å². The lowest BCUT2D eigenvalue weighted by Crippen LogP contribution is -2.38. The highest BCUT2D eigenvalue weighted by Gasteiger charge is 2.34. The number of halogens is 3. The molecule has 0 N–H and O–H groups in total. The average Bonchev–Trinajstić information content (AvgIpc) is 3.32. The molecule has 1 amide bonds. The molecule has 0 saturated carbocycles. The lowest BCUT2D eigenvalue weighted by molar-refractivity contribution is -0.140. The largest absolute Gasteiger partial charge is 0.406 e. The number of hydrogen-bond acceptors (Lipinski definition) is 5. The monoisotopic (exact) mass is 442 g/mol. The van der Waals surface area contributed by atoms with E-state index in [-0.39, 0.29) is 23.4 Å². The second-order valence-corrected chi connectivity index (χ2v) is 8.92. The van der Waals surface area contributed by atoms with Crippen molar-refractivity contribution in [1.29, 1.82) is 0 Å². The molecule has 7 nitrogen and oxygen atoms in total. The van der Waals surface area contributed by atoms with E-state index in [1.165, 1.54) is 13.0 Å². The third-order valence-electron chi connectivity index (χ3n) is 5.26. The topological polar surface area (TPSA) is 73.4 Å². The molecule has 31 heavy (non-hydrogen) atoms. The number of ether oxygens (including phenoxy) is 1. The third-order valence-corrected chi connectivity index (χ3v) is 5.26. The summed E-state index contributed by atoms with van der Waals surface area (Å²) < 4.78 is 51.0. The Kier molecular flexibility index (Phi) is 6.78. The molecule has 0 radical (unpaired) electrons. The highest BCUT2D eigenvalue weighted by Crippen LogP contribution is 2.29. The Morgan fingerprint density at radius 3 is 2.52 bits per heavy atom. The van der Waals surface area contributed by atoms with Crippen LogP contribution in [0.2, 0.25) is 0 Å². The molecule has 0 bridgehead atoms. The van der Waals surface area contributed by atoms with E-state index in [2.05, 4.69) is 30.5 Å². The molecular weight excluding hydrogens is 413 g/mol. The van der Waals surface area contributed by atoms with Crippen LogP contribution in [0.1, 0.15) is 56.8 Å². The molecule has 3 rings (SSSR count). The van der Waals surface area contributed by atoms with E-state index in [1.54, 1.807) is 0 Å². The number of aromatic nitrogens is 3. The zero-order chi connectivity index (χ0) is 22.8. The first kappa shape index (κ1) is 23.3. The first-order valence-corrected chi connectivity index (χ1v) is 10.5. The third kappa shape index (κ3) is 5.87. The number of amides is 1. The summed E-state index contributed by atoms with van der Waals surface area (Å²) in [6.07, 6.45) is -0.672. The van der Waals surface area contributed by atoms with Crippen molar-refractivity contribution < 1.29 is 27.2 Å². The zero-order valence-corrected chi connectivity index (χ0v) is 18.3. The van der Waals surface area contributed by atoms with E-state index >= 15 is 0 Å². The van der Waals surface area contributed by atoms with E-state index in [1.807, 2.05) is 6.20 Å². The number of imidazole rings is 1. The minimum Gasteiger partial charge on any atom is -0.381 e. The summed E-state index contributed by atoms with van der Waals surface area (Å²) in [5.74, 6) is 0.768. The van der Waals surface area contributed by atoms with Gasteiger partial charge in [0.2, 0.25) is 0 Å². The molecule has 10 heteroatoms. The normalized spacial score (nSPS) is 16.0. The maximum Gasteiger partial charge on any atom is 0.406 e. The quantitative estimate of drug-likeness (QED) is 0.668. The van der Waals surface area contributed by atoms with Crippen LogP contribution in [-0.2, 0) is 16.7 Å². The molecular formula is C21H29F3N4O3. The van der Waals surface area contributed by atoms with E-state index in [0.29, 0.717) is 16.5 Å². The number of alkyl halides is 3. The van der Waals surface area contributed by atoms with Crippen LogP contribution in [0.4, 0.5) is 13.2 Å². The van der Waals surface area contributed by atoms with Gasteiger partial charge in [-0.05, 0) is 25.7 Å². The Morgan fingerprint density at radius 1 is 1.26 bits per heavy atom. The van der Waals surface area contributed by atoms with Crippen molar-refractivity contribution in [3.05, 3.63) is 23.8 Å². The number of hydrogen-bond donors (Lipinski definition) is 0. The summed E-state index contributed by atoms with van der Waals surface area (Å²) in [5.41, 5.74) is 0.105. The van der Waals surface area contributed by atoms with Gasteiger partial charge in [0.1, 0.15) is 18.1 Å². The first-order chi connectivity index (χ1) is 14.5. The Labute approximate surface area is 179 Å². The van der Waals surface area contributed by atoms with E-state index in [9.17, 15) is 18.0 Å². The fourth-order valence-corrected chi connectivity index (χ4v) is 3.68. The van der Waals surface area contributed by atoms with Crippen LogP contribution >= 0.6 is 0 Å². The highest BCUT2D eigenvalue weighted by molar-refractivity contribution is 5.93. The Morgan fingerprint density at radius 2 is 1.94 bits per heavy atom. The second kappa shape index (κ2) is 9.02. The van der Waals surface area contributed by atoms with Crippen LogP contribution < -0.4 is 0 Å². The summed E-state index contributed by atoms with van der Waals surface area (Å²) in [4.78, 5) is 17.9. The number of nitrogens with zero attached hydrogens (tertiary/aromatic N) is 4. The Balaban J connectivity index is 1.84. The van der Waals surface area contributed by atoms with Crippen LogP contribution in [0, 0.1) is 5.92 Å². The van der Waals surface area contributed by atoms with Crippen molar-refractivity contribution in [2.24, 2.45) is 5.92 Å². The summed E-state index contributed by atoms with van der Waals surface area (Å²) in [7, 11) is 0. The first-order valence-electron chi connectivity index (χ1n) is 10.5. The number of carbonyl (C=O) groups excluding carboxylic acids is 1. The minimum atomic E-state index is -4.48. The fourth-order valence-electron chi connectivity index (χ4n) is 3.68. The molecule has 1 aliphatic heterocycles. The van der Waals surface area contributed by atoms with Crippen LogP contribution in [0.5, 0.6) is 0 Å². The molecule has 0 unspecified atom stereocenters. The Hall–Kier alpha value is -2.36. The van der Waals surface area contributed by atoms with Gasteiger partial charge in [-0.25, -0.2) is 4.98 Å². The predicted molar refractivity (Wildman–Crippen MR) is 108 cm³/mol. The van der Waals surface area contributed by atoms with Crippen molar-refractivity contribution in [1.82, 2.24) is 19.6 Å². The molecule has 0 spiro atoms. The van der Waals surface area contributed by atoms with Gasteiger partial charge < -0.3 is 18.7 Å². The van der Waals surface area contributed by atoms with Gasteiger partial charge in [-0.3, -0.25) is 4.79 Å². The molecule has 3 heterocycles. The lowest BCUT2D eigenvalue weighted by Gasteiger charge is -2.25. The summed E-state index contributed by atoms with van der Waals surface area (Å²) >= 11 is 0. The maximum atomic E-state index is 12.7. The van der Waals surface area contributed by atoms with Gasteiger partial charge in [0, 0.05) is 44.0 Å². The van der Waals surface area contributed by atoms with E-state index in [4.69, 9.17) is 14.2 Å². The number of carbonyl (C=O) groups is 1. The minimum absolute atomic E-state index is 0.0889. The van der Waals surface area contributed by atoms with Crippen molar-refractivity contribution >= 4 is 5.91 Å². The molecule has 0 aromatic carbocycles. The van der Waals surface area contributed by atoms with Crippen LogP contribution in [-0.4, -0.2) is 58.0 Å². The molecule has 1 fully saturated rings. The van der Waals surface area contributed by atoms with E-state index in [0.717, 1.165) is 38.4 Å². The van der Waals surface area contributed by atoms with Gasteiger partial charge in [-0.1, -0.05) is 25.9 Å². The highest BCUT2D eigenvalue weighted by atomic mass is 19.4. The molecule has 172 valence electrons. The van der Waals surface area contributed by atoms with Crippen LogP contribution in [0.25, 0.3) is 11.5 Å². The van der Waals surface area contributed by atoms with Gasteiger partial charge >= 0.3 is 6.18 Å². The van der Waals surface area contributed by atoms with Crippen molar-refractivity contribution in [3.63, 3.8) is 0 Å². The lowest BCUT2D eigenvalue weighted by atomic mass is 9.94. The van der Waals surface area contributed by atoms with Crippen LogP contribution in [0.15, 0.2) is 16.8 Å². The fraction of sp³-hybridized carbons (Fsp3) is 0.667. The molecule has 1 aliphatic rings. The molecule has 2 aromatic heterocycles. The zero-order valence-electron chi connectivity index (χ0n) is 18.3. The molecule has 1 saturated heterocycles. The van der Waals surface area contributed by atoms with Gasteiger partial charge in [-0.15, -0.1) is 0 Å². The van der Waals surface area contributed by atoms with Gasteiger partial charge in [0.25, 0.3) is 5.91 Å².